The summed E-state index contributed by atoms with van der Waals surface area (Å²) < 4.78 is 40.0. The molecule has 5 nitrogen and oxygen atoms in total. The van der Waals surface area contributed by atoms with E-state index in [1.165, 1.54) is 30.6 Å². The Balaban J connectivity index is 1.63. The highest BCUT2D eigenvalue weighted by Gasteiger charge is 2.11. The van der Waals surface area contributed by atoms with Crippen molar-refractivity contribution in [2.45, 2.75) is 6.54 Å². The van der Waals surface area contributed by atoms with Gasteiger partial charge in [0.25, 0.3) is 5.91 Å². The highest BCUT2D eigenvalue weighted by Crippen LogP contribution is 2.21. The number of carbonyl (C=O) groups excluding carboxylic acids is 1. The second kappa shape index (κ2) is 7.64. The maximum absolute atomic E-state index is 13.6. The molecule has 1 heterocycles. The fourth-order valence-corrected chi connectivity index (χ4v) is 2.13. The van der Waals surface area contributed by atoms with Crippen LogP contribution in [0.25, 0.3) is 0 Å². The van der Waals surface area contributed by atoms with Crippen LogP contribution in [0.15, 0.2) is 54.9 Å². The zero-order valence-corrected chi connectivity index (χ0v) is 13.3. The maximum Gasteiger partial charge on any atom is 0.271 e. The van der Waals surface area contributed by atoms with Gasteiger partial charge in [0.05, 0.1) is 12.4 Å². The molecule has 26 heavy (non-hydrogen) atoms. The first-order valence-corrected chi connectivity index (χ1v) is 7.58. The summed E-state index contributed by atoms with van der Waals surface area (Å²) in [6.07, 6.45) is 2.37. The highest BCUT2D eigenvalue weighted by molar-refractivity contribution is 5.92. The predicted molar refractivity (Wildman–Crippen MR) is 89.2 cm³/mol. The van der Waals surface area contributed by atoms with Gasteiger partial charge >= 0.3 is 0 Å². The minimum Gasteiger partial charge on any atom is -0.347 e. The summed E-state index contributed by atoms with van der Waals surface area (Å²) in [5, 5.41) is 5.10. The number of hydrogen-bond acceptors (Lipinski definition) is 4. The molecule has 0 spiro atoms. The number of amides is 1. The van der Waals surface area contributed by atoms with Gasteiger partial charge in [-0.1, -0.05) is 18.2 Å². The van der Waals surface area contributed by atoms with E-state index in [-0.39, 0.29) is 29.6 Å². The van der Waals surface area contributed by atoms with Crippen molar-refractivity contribution >= 4 is 17.4 Å². The van der Waals surface area contributed by atoms with Crippen molar-refractivity contribution < 1.29 is 18.0 Å². The zero-order valence-electron chi connectivity index (χ0n) is 13.3. The molecule has 3 rings (SSSR count). The van der Waals surface area contributed by atoms with E-state index in [1.807, 2.05) is 0 Å². The topological polar surface area (TPSA) is 66.9 Å². The van der Waals surface area contributed by atoms with Crippen molar-refractivity contribution in [3.8, 4) is 0 Å². The van der Waals surface area contributed by atoms with Gasteiger partial charge in [0.15, 0.2) is 0 Å². The van der Waals surface area contributed by atoms with Crippen molar-refractivity contribution in [3.05, 3.63) is 83.6 Å². The third-order valence-electron chi connectivity index (χ3n) is 3.47. The van der Waals surface area contributed by atoms with Crippen LogP contribution in [0.1, 0.15) is 16.1 Å². The van der Waals surface area contributed by atoms with Crippen molar-refractivity contribution in [2.24, 2.45) is 0 Å². The van der Waals surface area contributed by atoms with Crippen LogP contribution in [0.4, 0.5) is 24.7 Å². The molecule has 0 unspecified atom stereocenters. The first-order chi connectivity index (χ1) is 12.5. The lowest BCUT2D eigenvalue weighted by atomic mass is 10.2. The molecule has 1 aromatic heterocycles. The Labute approximate surface area is 146 Å². The molecule has 3 aromatic rings. The largest absolute Gasteiger partial charge is 0.347 e. The SMILES string of the molecule is O=C(NCc1ccc(F)cc1)c1cnc(Nc2c(F)cccc2F)cn1. The lowest BCUT2D eigenvalue weighted by Crippen LogP contribution is -2.24. The Bertz CT molecular complexity index is 894. The molecule has 8 heteroatoms. The third kappa shape index (κ3) is 4.15. The summed E-state index contributed by atoms with van der Waals surface area (Å²) in [4.78, 5) is 19.9. The maximum atomic E-state index is 13.6. The van der Waals surface area contributed by atoms with Gasteiger partial charge in [-0.15, -0.1) is 0 Å². The molecule has 0 radical (unpaired) electrons. The number of benzene rings is 2. The number of carbonyl (C=O) groups is 1. The lowest BCUT2D eigenvalue weighted by molar-refractivity contribution is 0.0945. The van der Waals surface area contributed by atoms with Crippen molar-refractivity contribution in [1.29, 1.82) is 0 Å². The standard InChI is InChI=1S/C18H13F3N4O/c19-12-6-4-11(5-7-12)8-24-18(26)15-9-23-16(10-22-15)25-17-13(20)2-1-3-14(17)21/h1-7,9-10H,8H2,(H,23,25)(H,24,26). The smallest absolute Gasteiger partial charge is 0.271 e. The fraction of sp³-hybridized carbons (Fsp3) is 0.0556. The number of aromatic nitrogens is 2. The number of hydrogen-bond donors (Lipinski definition) is 2. The minimum atomic E-state index is -0.770. The molecular weight excluding hydrogens is 345 g/mol. The third-order valence-corrected chi connectivity index (χ3v) is 3.47. The number of anilines is 2. The summed E-state index contributed by atoms with van der Waals surface area (Å²) in [7, 11) is 0. The van der Waals surface area contributed by atoms with E-state index < -0.39 is 17.5 Å². The second-order valence-electron chi connectivity index (χ2n) is 5.32. The van der Waals surface area contributed by atoms with Gasteiger partial charge in [-0.3, -0.25) is 4.79 Å². The van der Waals surface area contributed by atoms with Crippen LogP contribution in [0.2, 0.25) is 0 Å². The Hall–Kier alpha value is -3.42. The number of halogens is 3. The number of rotatable bonds is 5. The molecule has 0 saturated carbocycles. The predicted octanol–water partition coefficient (Wildman–Crippen LogP) is 3.57. The number of nitrogens with one attached hydrogen (secondary N) is 2. The first-order valence-electron chi connectivity index (χ1n) is 7.58. The fourth-order valence-electron chi connectivity index (χ4n) is 2.13. The molecule has 2 N–H and O–H groups in total. The summed E-state index contributed by atoms with van der Waals surface area (Å²) in [5.74, 6) is -2.30. The highest BCUT2D eigenvalue weighted by atomic mass is 19.1. The van der Waals surface area contributed by atoms with Gasteiger partial charge < -0.3 is 10.6 Å². The lowest BCUT2D eigenvalue weighted by Gasteiger charge is -2.08. The monoisotopic (exact) mass is 358 g/mol. The molecule has 0 aliphatic carbocycles. The van der Waals surface area contributed by atoms with E-state index >= 15 is 0 Å². The van der Waals surface area contributed by atoms with Crippen LogP contribution in [0, 0.1) is 17.5 Å². The Kier molecular flexibility index (Phi) is 5.12. The number of para-hydroxylation sites is 1. The molecule has 0 aliphatic heterocycles. The van der Waals surface area contributed by atoms with Crippen LogP contribution in [-0.4, -0.2) is 15.9 Å². The Morgan fingerprint density at radius 3 is 2.23 bits per heavy atom. The average molecular weight is 358 g/mol. The van der Waals surface area contributed by atoms with Gasteiger partial charge in [-0.05, 0) is 29.8 Å². The molecular formula is C18H13F3N4O. The van der Waals surface area contributed by atoms with E-state index in [2.05, 4.69) is 20.6 Å². The van der Waals surface area contributed by atoms with Crippen molar-refractivity contribution in [3.63, 3.8) is 0 Å². The van der Waals surface area contributed by atoms with Crippen molar-refractivity contribution in [1.82, 2.24) is 15.3 Å². The van der Waals surface area contributed by atoms with Crippen LogP contribution < -0.4 is 10.6 Å². The second-order valence-corrected chi connectivity index (χ2v) is 5.32. The molecule has 0 atom stereocenters. The molecule has 1 amide bonds. The average Bonchev–Trinajstić information content (AvgIpc) is 2.65. The minimum absolute atomic E-state index is 0.0340. The summed E-state index contributed by atoms with van der Waals surface area (Å²) >= 11 is 0. The van der Waals surface area contributed by atoms with Gasteiger partial charge in [0.1, 0.15) is 34.7 Å². The van der Waals surface area contributed by atoms with E-state index in [0.29, 0.717) is 0 Å². The number of nitrogens with zero attached hydrogens (tertiary/aromatic N) is 2. The van der Waals surface area contributed by atoms with Gasteiger partial charge in [-0.25, -0.2) is 23.1 Å². The molecule has 0 bridgehead atoms. The van der Waals surface area contributed by atoms with Gasteiger partial charge in [0, 0.05) is 6.54 Å². The Morgan fingerprint density at radius 1 is 0.923 bits per heavy atom. The van der Waals surface area contributed by atoms with E-state index in [1.54, 1.807) is 12.1 Å². The molecule has 0 aliphatic rings. The van der Waals surface area contributed by atoms with Gasteiger partial charge in [-0.2, -0.15) is 0 Å². The van der Waals surface area contributed by atoms with Crippen LogP contribution in [0.3, 0.4) is 0 Å². The van der Waals surface area contributed by atoms with E-state index in [0.717, 1.165) is 17.7 Å². The molecule has 0 fully saturated rings. The molecule has 132 valence electrons. The first kappa shape index (κ1) is 17.4. The normalized spacial score (nSPS) is 10.4. The van der Waals surface area contributed by atoms with Crippen LogP contribution >= 0.6 is 0 Å². The molecule has 2 aromatic carbocycles. The van der Waals surface area contributed by atoms with Gasteiger partial charge in [0.2, 0.25) is 0 Å². The summed E-state index contributed by atoms with van der Waals surface area (Å²) in [6, 6.07) is 9.16. The van der Waals surface area contributed by atoms with Crippen LogP contribution in [-0.2, 0) is 6.54 Å². The van der Waals surface area contributed by atoms with E-state index in [9.17, 15) is 18.0 Å². The van der Waals surface area contributed by atoms with Crippen LogP contribution in [0.5, 0.6) is 0 Å². The Morgan fingerprint density at radius 2 is 1.62 bits per heavy atom. The summed E-state index contributed by atoms with van der Waals surface area (Å²) in [5.41, 5.74) is 0.406. The van der Waals surface area contributed by atoms with Crippen molar-refractivity contribution in [2.75, 3.05) is 5.32 Å². The molecule has 0 saturated heterocycles. The summed E-state index contributed by atoms with van der Waals surface area (Å²) in [6.45, 7) is 0.196. The van der Waals surface area contributed by atoms with E-state index in [4.69, 9.17) is 0 Å². The quantitative estimate of drug-likeness (QED) is 0.732. The zero-order chi connectivity index (χ0) is 18.5.